The third kappa shape index (κ3) is 1.52. The third-order valence-corrected chi connectivity index (χ3v) is 3.17. The van der Waals surface area contributed by atoms with Crippen LogP contribution in [-0.4, -0.2) is 23.1 Å². The number of nitrogens with zero attached hydrogens (tertiary/aromatic N) is 3. The van der Waals surface area contributed by atoms with Gasteiger partial charge in [-0.1, -0.05) is 18.2 Å². The highest BCUT2D eigenvalue weighted by molar-refractivity contribution is 5.81. The average molecular weight is 213 g/mol. The van der Waals surface area contributed by atoms with Crippen molar-refractivity contribution in [3.8, 4) is 0 Å². The van der Waals surface area contributed by atoms with Gasteiger partial charge in [-0.2, -0.15) is 0 Å². The van der Waals surface area contributed by atoms with Crippen molar-refractivity contribution in [3.05, 3.63) is 30.0 Å². The van der Waals surface area contributed by atoms with Crippen LogP contribution in [0.5, 0.6) is 0 Å². The number of anilines is 1. The van der Waals surface area contributed by atoms with E-state index in [1.165, 1.54) is 12.8 Å². The van der Waals surface area contributed by atoms with Crippen molar-refractivity contribution in [2.45, 2.75) is 19.8 Å². The van der Waals surface area contributed by atoms with E-state index < -0.39 is 0 Å². The fourth-order valence-corrected chi connectivity index (χ4v) is 2.28. The van der Waals surface area contributed by atoms with Crippen molar-refractivity contribution in [2.75, 3.05) is 18.0 Å². The molecule has 0 saturated carbocycles. The number of fused-ring (bicyclic) bond motifs is 1. The topological polar surface area (TPSA) is 29.0 Å². The molecule has 0 atom stereocenters. The summed E-state index contributed by atoms with van der Waals surface area (Å²) in [6.07, 6.45) is 2.52. The molecule has 3 nitrogen and oxygen atoms in total. The van der Waals surface area contributed by atoms with Gasteiger partial charge in [0, 0.05) is 18.5 Å². The second-order valence-corrected chi connectivity index (χ2v) is 4.32. The summed E-state index contributed by atoms with van der Waals surface area (Å²) in [7, 11) is 0. The molecule has 0 bridgehead atoms. The van der Waals surface area contributed by atoms with Gasteiger partial charge in [-0.3, -0.25) is 0 Å². The van der Waals surface area contributed by atoms with Crippen molar-refractivity contribution in [1.29, 1.82) is 0 Å². The smallest absolute Gasteiger partial charge is 0.226 e. The van der Waals surface area contributed by atoms with Gasteiger partial charge in [-0.05, 0) is 25.8 Å². The molecule has 82 valence electrons. The number of para-hydroxylation sites is 1. The Balaban J connectivity index is 2.13. The normalized spacial score (nSPS) is 15.9. The van der Waals surface area contributed by atoms with Crippen LogP contribution in [0.1, 0.15) is 18.5 Å². The third-order valence-electron chi connectivity index (χ3n) is 3.17. The Labute approximate surface area is 95.1 Å². The van der Waals surface area contributed by atoms with Gasteiger partial charge in [-0.15, -0.1) is 0 Å². The number of aromatic nitrogens is 2. The van der Waals surface area contributed by atoms with E-state index in [9.17, 15) is 0 Å². The lowest BCUT2D eigenvalue weighted by molar-refractivity contribution is 0.900. The number of aryl methyl sites for hydroxylation is 1. The van der Waals surface area contributed by atoms with E-state index >= 15 is 0 Å². The molecule has 0 radical (unpaired) electrons. The number of rotatable bonds is 1. The zero-order valence-electron chi connectivity index (χ0n) is 9.48. The van der Waals surface area contributed by atoms with E-state index in [1.54, 1.807) is 0 Å². The Morgan fingerprint density at radius 2 is 1.81 bits per heavy atom. The highest BCUT2D eigenvalue weighted by Crippen LogP contribution is 2.21. The van der Waals surface area contributed by atoms with Crippen molar-refractivity contribution < 1.29 is 0 Å². The molecule has 0 unspecified atom stereocenters. The fraction of sp³-hybridized carbons (Fsp3) is 0.385. The highest BCUT2D eigenvalue weighted by Gasteiger charge is 2.15. The summed E-state index contributed by atoms with van der Waals surface area (Å²) in [6, 6.07) is 8.21. The largest absolute Gasteiger partial charge is 0.341 e. The molecular formula is C13H15N3. The molecule has 0 spiro atoms. The zero-order chi connectivity index (χ0) is 11.0. The molecule has 2 heterocycles. The lowest BCUT2D eigenvalue weighted by atomic mass is 10.2. The average Bonchev–Trinajstić information content (AvgIpc) is 2.82. The van der Waals surface area contributed by atoms with E-state index in [4.69, 9.17) is 0 Å². The van der Waals surface area contributed by atoms with Gasteiger partial charge < -0.3 is 4.90 Å². The summed E-state index contributed by atoms with van der Waals surface area (Å²) in [6.45, 7) is 4.25. The van der Waals surface area contributed by atoms with Crippen LogP contribution in [0.15, 0.2) is 24.3 Å². The molecule has 1 aliphatic heterocycles. The van der Waals surface area contributed by atoms with Gasteiger partial charge in [0.1, 0.15) is 0 Å². The first-order valence-electron chi connectivity index (χ1n) is 5.83. The zero-order valence-corrected chi connectivity index (χ0v) is 9.48. The molecule has 0 amide bonds. The molecule has 1 aliphatic rings. The minimum atomic E-state index is 0.897. The Kier molecular flexibility index (Phi) is 2.24. The maximum atomic E-state index is 4.63. The van der Waals surface area contributed by atoms with Crippen LogP contribution in [0.2, 0.25) is 0 Å². The quantitative estimate of drug-likeness (QED) is 0.729. The SMILES string of the molecule is Cc1nc(N2CCCC2)nc2ccccc12. The van der Waals surface area contributed by atoms with Gasteiger partial charge in [0.15, 0.2) is 0 Å². The van der Waals surface area contributed by atoms with Crippen molar-refractivity contribution in [3.63, 3.8) is 0 Å². The standard InChI is InChI=1S/C13H15N3/c1-10-11-6-2-3-7-12(11)15-13(14-10)16-8-4-5-9-16/h2-3,6-7H,4-5,8-9H2,1H3. The lowest BCUT2D eigenvalue weighted by Crippen LogP contribution is -2.20. The molecule has 2 aromatic rings. The Morgan fingerprint density at radius 3 is 2.62 bits per heavy atom. The summed E-state index contributed by atoms with van der Waals surface area (Å²) >= 11 is 0. The molecule has 1 aromatic carbocycles. The molecule has 0 N–H and O–H groups in total. The van der Waals surface area contributed by atoms with E-state index in [0.29, 0.717) is 0 Å². The molecular weight excluding hydrogens is 198 g/mol. The molecule has 1 saturated heterocycles. The van der Waals surface area contributed by atoms with Crippen LogP contribution in [0, 0.1) is 6.92 Å². The lowest BCUT2D eigenvalue weighted by Gasteiger charge is -2.16. The molecule has 0 aliphatic carbocycles. The molecule has 1 fully saturated rings. The van der Waals surface area contributed by atoms with Crippen LogP contribution < -0.4 is 4.90 Å². The fourth-order valence-electron chi connectivity index (χ4n) is 2.28. The van der Waals surface area contributed by atoms with Crippen LogP contribution in [0.25, 0.3) is 10.9 Å². The van der Waals surface area contributed by atoms with Gasteiger partial charge in [0.05, 0.1) is 11.2 Å². The van der Waals surface area contributed by atoms with Crippen LogP contribution in [0.4, 0.5) is 5.95 Å². The predicted octanol–water partition coefficient (Wildman–Crippen LogP) is 2.54. The summed E-state index contributed by atoms with van der Waals surface area (Å²) < 4.78 is 0. The predicted molar refractivity (Wildman–Crippen MR) is 65.7 cm³/mol. The van der Waals surface area contributed by atoms with Crippen LogP contribution >= 0.6 is 0 Å². The van der Waals surface area contributed by atoms with Crippen molar-refractivity contribution in [2.24, 2.45) is 0 Å². The van der Waals surface area contributed by atoms with E-state index in [-0.39, 0.29) is 0 Å². The summed E-state index contributed by atoms with van der Waals surface area (Å²) in [5.74, 6) is 0.897. The van der Waals surface area contributed by atoms with E-state index in [1.807, 2.05) is 12.1 Å². The maximum Gasteiger partial charge on any atom is 0.226 e. The van der Waals surface area contributed by atoms with Crippen molar-refractivity contribution in [1.82, 2.24) is 9.97 Å². The molecule has 3 rings (SSSR count). The monoisotopic (exact) mass is 213 g/mol. The maximum absolute atomic E-state index is 4.63. The first-order chi connectivity index (χ1) is 7.84. The van der Waals surface area contributed by atoms with Crippen LogP contribution in [0.3, 0.4) is 0 Å². The first kappa shape index (κ1) is 9.58. The van der Waals surface area contributed by atoms with Gasteiger partial charge in [0.2, 0.25) is 5.95 Å². The Hall–Kier alpha value is -1.64. The van der Waals surface area contributed by atoms with E-state index in [2.05, 4.69) is 33.9 Å². The molecule has 1 aromatic heterocycles. The minimum Gasteiger partial charge on any atom is -0.341 e. The molecule has 16 heavy (non-hydrogen) atoms. The highest BCUT2D eigenvalue weighted by atomic mass is 15.3. The Morgan fingerprint density at radius 1 is 1.06 bits per heavy atom. The van der Waals surface area contributed by atoms with Crippen molar-refractivity contribution >= 4 is 16.9 Å². The second-order valence-electron chi connectivity index (χ2n) is 4.32. The number of hydrogen-bond donors (Lipinski definition) is 0. The minimum absolute atomic E-state index is 0.897. The van der Waals surface area contributed by atoms with Gasteiger partial charge in [0.25, 0.3) is 0 Å². The summed E-state index contributed by atoms with van der Waals surface area (Å²) in [5.41, 5.74) is 2.13. The summed E-state index contributed by atoms with van der Waals surface area (Å²) in [4.78, 5) is 11.5. The molecule has 3 heteroatoms. The van der Waals surface area contributed by atoms with Gasteiger partial charge >= 0.3 is 0 Å². The summed E-state index contributed by atoms with van der Waals surface area (Å²) in [5, 5.41) is 1.16. The first-order valence-corrected chi connectivity index (χ1v) is 5.83. The number of hydrogen-bond acceptors (Lipinski definition) is 3. The van der Waals surface area contributed by atoms with E-state index in [0.717, 1.165) is 35.6 Å². The Bertz CT molecular complexity index is 516. The number of benzene rings is 1. The second kappa shape index (κ2) is 3.74. The van der Waals surface area contributed by atoms with Gasteiger partial charge in [-0.25, -0.2) is 9.97 Å². The van der Waals surface area contributed by atoms with Crippen LogP contribution in [-0.2, 0) is 0 Å².